The summed E-state index contributed by atoms with van der Waals surface area (Å²) < 4.78 is 0. The van der Waals surface area contributed by atoms with E-state index >= 15 is 0 Å². The van der Waals surface area contributed by atoms with E-state index in [9.17, 15) is 0 Å². The minimum absolute atomic E-state index is 0.00270. The Kier molecular flexibility index (Phi) is 2.35. The van der Waals surface area contributed by atoms with Crippen LogP contribution in [-0.2, 0) is 0 Å². The molecule has 70 valence electrons. The van der Waals surface area contributed by atoms with E-state index in [1.165, 1.54) is 6.54 Å². The summed E-state index contributed by atoms with van der Waals surface area (Å²) in [5, 5.41) is 12.4. The Morgan fingerprint density at radius 1 is 1.42 bits per heavy atom. The van der Waals surface area contributed by atoms with Crippen molar-refractivity contribution in [2.24, 2.45) is 5.92 Å². The van der Waals surface area contributed by atoms with Crippen molar-refractivity contribution in [1.29, 1.82) is 0 Å². The van der Waals surface area contributed by atoms with Gasteiger partial charge in [0.1, 0.15) is 0 Å². The molecule has 2 rings (SSSR count). The first-order chi connectivity index (χ1) is 5.75. The molecule has 0 amide bonds. The summed E-state index contributed by atoms with van der Waals surface area (Å²) in [6.07, 6.45) is 2.04. The van der Waals surface area contributed by atoms with Crippen molar-refractivity contribution in [2.45, 2.75) is 25.0 Å². The van der Waals surface area contributed by atoms with Gasteiger partial charge in [-0.25, -0.2) is 0 Å². The maximum atomic E-state index is 9.11. The molecule has 1 aliphatic heterocycles. The molecular formula is C9H18N2O. The highest BCUT2D eigenvalue weighted by molar-refractivity contribution is 4.87. The normalized spacial score (nSPS) is 36.2. The predicted octanol–water partition coefficient (Wildman–Crippen LogP) is -0.339. The van der Waals surface area contributed by atoms with E-state index in [0.717, 1.165) is 37.9 Å². The molecule has 0 aromatic rings. The van der Waals surface area contributed by atoms with Crippen LogP contribution in [0.25, 0.3) is 0 Å². The van der Waals surface area contributed by atoms with E-state index in [-0.39, 0.29) is 6.10 Å². The molecule has 3 nitrogen and oxygen atoms in total. The van der Waals surface area contributed by atoms with Crippen molar-refractivity contribution in [3.05, 3.63) is 0 Å². The number of likely N-dealkylation sites (N-methyl/N-ethyl adjacent to an activating group) is 1. The van der Waals surface area contributed by atoms with Gasteiger partial charge in [-0.1, -0.05) is 0 Å². The van der Waals surface area contributed by atoms with Crippen LogP contribution in [0.2, 0.25) is 0 Å². The molecule has 2 aliphatic rings. The summed E-state index contributed by atoms with van der Waals surface area (Å²) in [6, 6.07) is 0.753. The summed E-state index contributed by atoms with van der Waals surface area (Å²) in [4.78, 5) is 2.42. The van der Waals surface area contributed by atoms with Crippen LogP contribution in [0.15, 0.2) is 0 Å². The minimum atomic E-state index is 0.00270. The number of hydrogen-bond donors (Lipinski definition) is 2. The molecule has 0 bridgehead atoms. The number of rotatable bonds is 3. The molecule has 1 heterocycles. The second-order valence-electron chi connectivity index (χ2n) is 4.24. The molecule has 0 atom stereocenters. The summed E-state index contributed by atoms with van der Waals surface area (Å²) in [6.45, 7) is 3.46. The maximum Gasteiger partial charge on any atom is 0.0546 e. The SMILES string of the molecule is CN(CC1CC(O)C1)C1CNC1. The van der Waals surface area contributed by atoms with E-state index in [0.29, 0.717) is 0 Å². The third-order valence-corrected chi connectivity index (χ3v) is 3.14. The van der Waals surface area contributed by atoms with E-state index in [1.54, 1.807) is 0 Å². The van der Waals surface area contributed by atoms with Gasteiger partial charge in [0.2, 0.25) is 0 Å². The molecular weight excluding hydrogens is 152 g/mol. The van der Waals surface area contributed by atoms with Crippen molar-refractivity contribution in [3.8, 4) is 0 Å². The highest BCUT2D eigenvalue weighted by Crippen LogP contribution is 2.28. The third-order valence-electron chi connectivity index (χ3n) is 3.14. The van der Waals surface area contributed by atoms with Gasteiger partial charge in [0.05, 0.1) is 6.10 Å². The Balaban J connectivity index is 1.65. The van der Waals surface area contributed by atoms with Gasteiger partial charge >= 0.3 is 0 Å². The van der Waals surface area contributed by atoms with Crippen LogP contribution in [-0.4, -0.2) is 48.8 Å². The first kappa shape index (κ1) is 8.48. The van der Waals surface area contributed by atoms with Crippen LogP contribution in [0.3, 0.4) is 0 Å². The average Bonchev–Trinajstić information content (AvgIpc) is 1.79. The van der Waals surface area contributed by atoms with Crippen molar-refractivity contribution in [2.75, 3.05) is 26.7 Å². The Hall–Kier alpha value is -0.120. The lowest BCUT2D eigenvalue weighted by Gasteiger charge is -2.41. The standard InChI is InChI=1S/C9H18N2O/c1-11(8-4-10-5-8)6-7-2-9(12)3-7/h7-10,12H,2-6H2,1H3. The van der Waals surface area contributed by atoms with Crippen LogP contribution in [0.1, 0.15) is 12.8 Å². The molecule has 1 saturated heterocycles. The highest BCUT2D eigenvalue weighted by Gasteiger charge is 2.30. The summed E-state index contributed by atoms with van der Waals surface area (Å²) in [5.74, 6) is 0.755. The zero-order chi connectivity index (χ0) is 8.55. The smallest absolute Gasteiger partial charge is 0.0546 e. The van der Waals surface area contributed by atoms with Gasteiger partial charge in [-0.15, -0.1) is 0 Å². The molecule has 0 aromatic heterocycles. The molecule has 0 radical (unpaired) electrons. The summed E-state index contributed by atoms with van der Waals surface area (Å²) in [5.41, 5.74) is 0. The second-order valence-corrected chi connectivity index (χ2v) is 4.24. The number of nitrogens with zero attached hydrogens (tertiary/aromatic N) is 1. The fraction of sp³-hybridized carbons (Fsp3) is 1.00. The Morgan fingerprint density at radius 2 is 2.08 bits per heavy atom. The maximum absolute atomic E-state index is 9.11. The molecule has 2 N–H and O–H groups in total. The quantitative estimate of drug-likeness (QED) is 0.608. The van der Waals surface area contributed by atoms with Gasteiger partial charge in [0.15, 0.2) is 0 Å². The summed E-state index contributed by atoms with van der Waals surface area (Å²) >= 11 is 0. The van der Waals surface area contributed by atoms with Crippen LogP contribution in [0.4, 0.5) is 0 Å². The van der Waals surface area contributed by atoms with Crippen molar-refractivity contribution >= 4 is 0 Å². The molecule has 12 heavy (non-hydrogen) atoms. The zero-order valence-electron chi connectivity index (χ0n) is 7.66. The Bertz CT molecular complexity index is 153. The lowest BCUT2D eigenvalue weighted by atomic mass is 9.82. The fourth-order valence-electron chi connectivity index (χ4n) is 1.99. The molecule has 0 aromatic carbocycles. The Morgan fingerprint density at radius 3 is 2.50 bits per heavy atom. The molecule has 3 heteroatoms. The summed E-state index contributed by atoms with van der Waals surface area (Å²) in [7, 11) is 2.19. The van der Waals surface area contributed by atoms with Gasteiger partial charge in [0.25, 0.3) is 0 Å². The van der Waals surface area contributed by atoms with E-state index in [2.05, 4.69) is 17.3 Å². The largest absolute Gasteiger partial charge is 0.393 e. The molecule has 2 fully saturated rings. The van der Waals surface area contributed by atoms with Gasteiger partial charge in [-0.2, -0.15) is 0 Å². The van der Waals surface area contributed by atoms with Crippen molar-refractivity contribution < 1.29 is 5.11 Å². The minimum Gasteiger partial charge on any atom is -0.393 e. The monoisotopic (exact) mass is 170 g/mol. The third kappa shape index (κ3) is 1.63. The molecule has 0 unspecified atom stereocenters. The first-order valence-electron chi connectivity index (χ1n) is 4.84. The van der Waals surface area contributed by atoms with Gasteiger partial charge in [0, 0.05) is 25.7 Å². The lowest BCUT2D eigenvalue weighted by Crippen LogP contribution is -2.57. The van der Waals surface area contributed by atoms with Crippen molar-refractivity contribution in [1.82, 2.24) is 10.2 Å². The van der Waals surface area contributed by atoms with Crippen LogP contribution < -0.4 is 5.32 Å². The fourth-order valence-corrected chi connectivity index (χ4v) is 1.99. The molecule has 1 saturated carbocycles. The van der Waals surface area contributed by atoms with E-state index in [1.807, 2.05) is 0 Å². The van der Waals surface area contributed by atoms with Gasteiger partial charge in [-0.3, -0.25) is 0 Å². The highest BCUT2D eigenvalue weighted by atomic mass is 16.3. The van der Waals surface area contributed by atoms with Crippen molar-refractivity contribution in [3.63, 3.8) is 0 Å². The van der Waals surface area contributed by atoms with Crippen LogP contribution in [0.5, 0.6) is 0 Å². The number of nitrogens with one attached hydrogen (secondary N) is 1. The number of aliphatic hydroxyl groups is 1. The van der Waals surface area contributed by atoms with Gasteiger partial charge < -0.3 is 15.3 Å². The van der Waals surface area contributed by atoms with E-state index in [4.69, 9.17) is 5.11 Å². The lowest BCUT2D eigenvalue weighted by molar-refractivity contribution is 0.0177. The first-order valence-corrected chi connectivity index (χ1v) is 4.84. The zero-order valence-corrected chi connectivity index (χ0v) is 7.66. The topological polar surface area (TPSA) is 35.5 Å². The molecule has 0 spiro atoms. The van der Waals surface area contributed by atoms with Gasteiger partial charge in [-0.05, 0) is 25.8 Å². The van der Waals surface area contributed by atoms with E-state index < -0.39 is 0 Å². The second kappa shape index (κ2) is 3.32. The molecule has 1 aliphatic carbocycles. The number of aliphatic hydroxyl groups excluding tert-OH is 1. The number of hydrogen-bond acceptors (Lipinski definition) is 3. The van der Waals surface area contributed by atoms with Crippen LogP contribution >= 0.6 is 0 Å². The van der Waals surface area contributed by atoms with Crippen LogP contribution in [0, 0.1) is 5.92 Å². The predicted molar refractivity (Wildman–Crippen MR) is 48.0 cm³/mol. The Labute approximate surface area is 73.8 Å². The average molecular weight is 170 g/mol.